The number of hydrogen-bond donors (Lipinski definition) is 0. The summed E-state index contributed by atoms with van der Waals surface area (Å²) in [7, 11) is 0. The number of esters is 1. The van der Waals surface area contributed by atoms with Gasteiger partial charge in [-0.05, 0) is 42.0 Å². The van der Waals surface area contributed by atoms with Crippen LogP contribution in [0.2, 0.25) is 0 Å². The first-order valence-corrected chi connectivity index (χ1v) is 11.2. The summed E-state index contributed by atoms with van der Waals surface area (Å²) in [6.07, 6.45) is 0.141. The number of benzene rings is 4. The molecule has 1 aliphatic heterocycles. The van der Waals surface area contributed by atoms with Crippen molar-refractivity contribution in [2.75, 3.05) is 0 Å². The molecule has 170 valence electrons. The van der Waals surface area contributed by atoms with Crippen LogP contribution in [0.1, 0.15) is 26.3 Å². The Bertz CT molecular complexity index is 1580. The molecule has 6 nitrogen and oxygen atoms in total. The predicted molar refractivity (Wildman–Crippen MR) is 130 cm³/mol. The molecule has 5 aromatic rings. The number of ether oxygens (including phenoxy) is 1. The fraction of sp³-hybridized carbons (Fsp3) is 0.0690. The van der Waals surface area contributed by atoms with Crippen molar-refractivity contribution in [2.24, 2.45) is 0 Å². The molecule has 35 heavy (non-hydrogen) atoms. The van der Waals surface area contributed by atoms with Gasteiger partial charge in [-0.3, -0.25) is 14.5 Å². The monoisotopic (exact) mass is 461 g/mol. The van der Waals surface area contributed by atoms with Gasteiger partial charge in [-0.15, -0.1) is 0 Å². The Morgan fingerprint density at radius 1 is 0.743 bits per heavy atom. The highest BCUT2D eigenvalue weighted by molar-refractivity contribution is 6.22. The fourth-order valence-electron chi connectivity index (χ4n) is 4.56. The molecule has 0 radical (unpaired) electrons. The van der Waals surface area contributed by atoms with Crippen molar-refractivity contribution in [3.63, 3.8) is 0 Å². The molecule has 0 spiro atoms. The Morgan fingerprint density at radius 3 is 2.11 bits per heavy atom. The maximum absolute atomic E-state index is 13.5. The van der Waals surface area contributed by atoms with Crippen LogP contribution in [0.5, 0.6) is 5.75 Å². The molecular weight excluding hydrogens is 442 g/mol. The quantitative estimate of drug-likeness (QED) is 0.199. The van der Waals surface area contributed by atoms with E-state index in [0.717, 1.165) is 26.8 Å². The minimum absolute atomic E-state index is 0.141. The van der Waals surface area contributed by atoms with Crippen LogP contribution in [-0.4, -0.2) is 28.7 Å². The Kier molecular flexibility index (Phi) is 4.92. The SMILES string of the molecule is O=C(Oc1ccc2oc3ccccc3c2c1)C(Cc1ccccc1)N1C(=O)c2ccccc2C1=O. The van der Waals surface area contributed by atoms with Gasteiger partial charge in [-0.25, -0.2) is 4.79 Å². The second-order valence-electron chi connectivity index (χ2n) is 8.41. The largest absolute Gasteiger partial charge is 0.456 e. The fourth-order valence-corrected chi connectivity index (χ4v) is 4.56. The number of rotatable bonds is 5. The molecule has 0 saturated carbocycles. The van der Waals surface area contributed by atoms with Crippen LogP contribution < -0.4 is 4.74 Å². The second kappa shape index (κ2) is 8.25. The zero-order valence-corrected chi connectivity index (χ0v) is 18.5. The summed E-state index contributed by atoms with van der Waals surface area (Å²) in [4.78, 5) is 40.8. The Labute approximate surface area is 200 Å². The number of imide groups is 1. The van der Waals surface area contributed by atoms with E-state index in [0.29, 0.717) is 11.3 Å². The van der Waals surface area contributed by atoms with E-state index in [1.165, 1.54) is 0 Å². The van der Waals surface area contributed by atoms with Crippen molar-refractivity contribution in [3.05, 3.63) is 114 Å². The van der Waals surface area contributed by atoms with Crippen molar-refractivity contribution in [2.45, 2.75) is 12.5 Å². The lowest BCUT2D eigenvalue weighted by Gasteiger charge is -2.24. The number of fused-ring (bicyclic) bond motifs is 4. The van der Waals surface area contributed by atoms with E-state index < -0.39 is 23.8 Å². The maximum Gasteiger partial charge on any atom is 0.335 e. The summed E-state index contributed by atoms with van der Waals surface area (Å²) in [6, 6.07) is 27.4. The average Bonchev–Trinajstić information content (AvgIpc) is 3.38. The molecule has 6 heteroatoms. The summed E-state index contributed by atoms with van der Waals surface area (Å²) in [5.41, 5.74) is 2.79. The van der Waals surface area contributed by atoms with E-state index in [-0.39, 0.29) is 17.5 Å². The van der Waals surface area contributed by atoms with Crippen molar-refractivity contribution in [1.29, 1.82) is 0 Å². The Morgan fingerprint density at radius 2 is 1.37 bits per heavy atom. The Balaban J connectivity index is 1.36. The van der Waals surface area contributed by atoms with Crippen molar-refractivity contribution in [3.8, 4) is 5.75 Å². The van der Waals surface area contributed by atoms with Crippen LogP contribution in [0.3, 0.4) is 0 Å². The molecule has 1 atom stereocenters. The number of amides is 2. The van der Waals surface area contributed by atoms with Gasteiger partial charge in [0, 0.05) is 17.2 Å². The predicted octanol–water partition coefficient (Wildman–Crippen LogP) is 5.40. The average molecular weight is 461 g/mol. The molecule has 0 fully saturated rings. The second-order valence-corrected chi connectivity index (χ2v) is 8.41. The first-order valence-electron chi connectivity index (χ1n) is 11.2. The minimum Gasteiger partial charge on any atom is -0.456 e. The smallest absolute Gasteiger partial charge is 0.335 e. The zero-order chi connectivity index (χ0) is 23.9. The van der Waals surface area contributed by atoms with Gasteiger partial charge in [0.15, 0.2) is 0 Å². The van der Waals surface area contributed by atoms with Crippen LogP contribution >= 0.6 is 0 Å². The summed E-state index contributed by atoms with van der Waals surface area (Å²) < 4.78 is 11.6. The van der Waals surface area contributed by atoms with Crippen LogP contribution in [-0.2, 0) is 11.2 Å². The van der Waals surface area contributed by atoms with Crippen LogP contribution in [0.15, 0.2) is 101 Å². The number of para-hydroxylation sites is 1. The number of furan rings is 1. The number of hydrogen-bond acceptors (Lipinski definition) is 5. The molecule has 2 heterocycles. The van der Waals surface area contributed by atoms with Gasteiger partial charge in [0.2, 0.25) is 0 Å². The molecule has 2 amide bonds. The maximum atomic E-state index is 13.5. The van der Waals surface area contributed by atoms with Crippen molar-refractivity contribution < 1.29 is 23.5 Å². The topological polar surface area (TPSA) is 76.8 Å². The molecule has 1 aliphatic rings. The van der Waals surface area contributed by atoms with Crippen molar-refractivity contribution >= 4 is 39.7 Å². The summed E-state index contributed by atoms with van der Waals surface area (Å²) in [5, 5.41) is 1.72. The lowest BCUT2D eigenvalue weighted by Crippen LogP contribution is -2.48. The van der Waals surface area contributed by atoms with Crippen LogP contribution in [0, 0.1) is 0 Å². The molecule has 1 unspecified atom stereocenters. The summed E-state index contributed by atoms with van der Waals surface area (Å²) in [5.74, 6) is -1.38. The van der Waals surface area contributed by atoms with E-state index >= 15 is 0 Å². The first-order chi connectivity index (χ1) is 17.1. The zero-order valence-electron chi connectivity index (χ0n) is 18.5. The molecule has 4 aromatic carbocycles. The van der Waals surface area contributed by atoms with Gasteiger partial charge < -0.3 is 9.15 Å². The summed E-state index contributed by atoms with van der Waals surface area (Å²) >= 11 is 0. The molecule has 0 aliphatic carbocycles. The normalized spacial score (nSPS) is 13.9. The van der Waals surface area contributed by atoms with E-state index in [4.69, 9.17) is 9.15 Å². The highest BCUT2D eigenvalue weighted by Gasteiger charge is 2.43. The van der Waals surface area contributed by atoms with Gasteiger partial charge in [-0.2, -0.15) is 0 Å². The third-order valence-electron chi connectivity index (χ3n) is 6.25. The van der Waals surface area contributed by atoms with Crippen LogP contribution in [0.4, 0.5) is 0 Å². The highest BCUT2D eigenvalue weighted by Crippen LogP contribution is 2.32. The van der Waals surface area contributed by atoms with E-state index in [1.54, 1.807) is 42.5 Å². The highest BCUT2D eigenvalue weighted by atomic mass is 16.5. The summed E-state index contributed by atoms with van der Waals surface area (Å²) in [6.45, 7) is 0. The minimum atomic E-state index is -1.12. The van der Waals surface area contributed by atoms with E-state index in [1.807, 2.05) is 54.6 Å². The van der Waals surface area contributed by atoms with Crippen molar-refractivity contribution in [1.82, 2.24) is 4.90 Å². The number of carbonyl (C=O) groups excluding carboxylic acids is 3. The molecule has 1 aromatic heterocycles. The molecule has 0 saturated heterocycles. The van der Waals surface area contributed by atoms with Gasteiger partial charge in [-0.1, -0.05) is 60.7 Å². The van der Waals surface area contributed by atoms with Gasteiger partial charge in [0.25, 0.3) is 11.8 Å². The van der Waals surface area contributed by atoms with Gasteiger partial charge in [0.1, 0.15) is 23.0 Å². The first kappa shape index (κ1) is 20.9. The lowest BCUT2D eigenvalue weighted by molar-refractivity contribution is -0.138. The molecule has 0 bridgehead atoms. The lowest BCUT2D eigenvalue weighted by atomic mass is 10.0. The van der Waals surface area contributed by atoms with E-state index in [9.17, 15) is 14.4 Å². The third-order valence-corrected chi connectivity index (χ3v) is 6.25. The Hall–Kier alpha value is -4.71. The van der Waals surface area contributed by atoms with Gasteiger partial charge in [0.05, 0.1) is 11.1 Å². The van der Waals surface area contributed by atoms with Crippen LogP contribution in [0.25, 0.3) is 21.9 Å². The molecule has 0 N–H and O–H groups in total. The third kappa shape index (κ3) is 3.56. The van der Waals surface area contributed by atoms with E-state index in [2.05, 4.69) is 0 Å². The number of nitrogens with zero attached hydrogens (tertiary/aromatic N) is 1. The molecule has 6 rings (SSSR count). The standard InChI is InChI=1S/C29H19NO5/c31-27-21-11-4-5-12-22(21)28(32)30(27)24(16-18-8-2-1-3-9-18)29(33)34-19-14-15-26-23(17-19)20-10-6-7-13-25(20)35-26/h1-15,17,24H,16H2. The number of carbonyl (C=O) groups is 3. The molecular formula is C29H19NO5. The van der Waals surface area contributed by atoms with Gasteiger partial charge >= 0.3 is 5.97 Å².